The molecule has 90 valence electrons. The number of hydrogen-bond donors (Lipinski definition) is 1. The van der Waals surface area contributed by atoms with E-state index >= 15 is 0 Å². The lowest BCUT2D eigenvalue weighted by Gasteiger charge is -2.22. The van der Waals surface area contributed by atoms with Gasteiger partial charge in [0.1, 0.15) is 0 Å². The van der Waals surface area contributed by atoms with Crippen LogP contribution in [0.4, 0.5) is 0 Å². The zero-order chi connectivity index (χ0) is 11.7. The zero-order valence-corrected chi connectivity index (χ0v) is 11.3. The van der Waals surface area contributed by atoms with Crippen LogP contribution in [0.1, 0.15) is 43.6 Å². The predicted octanol–water partition coefficient (Wildman–Crippen LogP) is 4.31. The van der Waals surface area contributed by atoms with Crippen LogP contribution in [0, 0.1) is 0 Å². The molecule has 1 saturated carbocycles. The SMILES string of the molecule is NSc1nc2cccc(C3CCCCC3)c2s1. The van der Waals surface area contributed by atoms with Gasteiger partial charge in [-0.25, -0.2) is 4.98 Å². The molecular formula is C13H16N2S2. The first-order valence-corrected chi connectivity index (χ1v) is 7.84. The van der Waals surface area contributed by atoms with E-state index in [2.05, 4.69) is 23.2 Å². The molecule has 1 heterocycles. The van der Waals surface area contributed by atoms with E-state index in [1.807, 2.05) is 0 Å². The summed E-state index contributed by atoms with van der Waals surface area (Å²) in [5.41, 5.74) is 2.62. The highest BCUT2D eigenvalue weighted by Crippen LogP contribution is 2.39. The first kappa shape index (κ1) is 11.5. The van der Waals surface area contributed by atoms with Crippen LogP contribution >= 0.6 is 23.3 Å². The second-order valence-electron chi connectivity index (χ2n) is 4.63. The van der Waals surface area contributed by atoms with E-state index < -0.39 is 0 Å². The Morgan fingerprint density at radius 2 is 2.06 bits per heavy atom. The van der Waals surface area contributed by atoms with Crippen molar-refractivity contribution < 1.29 is 0 Å². The first-order chi connectivity index (χ1) is 8.38. The van der Waals surface area contributed by atoms with Crippen molar-refractivity contribution in [2.75, 3.05) is 0 Å². The molecule has 0 bridgehead atoms. The third-order valence-electron chi connectivity index (χ3n) is 3.57. The molecule has 0 unspecified atom stereocenters. The molecule has 17 heavy (non-hydrogen) atoms. The number of benzene rings is 1. The summed E-state index contributed by atoms with van der Waals surface area (Å²) in [4.78, 5) is 4.54. The van der Waals surface area contributed by atoms with E-state index in [0.29, 0.717) is 0 Å². The normalized spacial score (nSPS) is 17.7. The van der Waals surface area contributed by atoms with Gasteiger partial charge in [0.05, 0.1) is 10.2 Å². The van der Waals surface area contributed by atoms with Gasteiger partial charge in [-0.2, -0.15) is 0 Å². The fourth-order valence-corrected chi connectivity index (χ4v) is 4.22. The Balaban J connectivity index is 2.05. The molecule has 0 radical (unpaired) electrons. The minimum Gasteiger partial charge on any atom is -0.272 e. The summed E-state index contributed by atoms with van der Waals surface area (Å²) >= 11 is 3.00. The van der Waals surface area contributed by atoms with E-state index in [1.54, 1.807) is 11.3 Å². The van der Waals surface area contributed by atoms with Crippen molar-refractivity contribution in [1.29, 1.82) is 0 Å². The number of aromatic nitrogens is 1. The Morgan fingerprint density at radius 3 is 2.82 bits per heavy atom. The van der Waals surface area contributed by atoms with Crippen molar-refractivity contribution in [3.05, 3.63) is 23.8 Å². The van der Waals surface area contributed by atoms with Crippen molar-refractivity contribution in [1.82, 2.24) is 4.98 Å². The van der Waals surface area contributed by atoms with Crippen LogP contribution < -0.4 is 5.14 Å². The smallest absolute Gasteiger partial charge is 0.165 e. The van der Waals surface area contributed by atoms with Crippen LogP contribution in [-0.2, 0) is 0 Å². The molecule has 1 aromatic heterocycles. The Morgan fingerprint density at radius 1 is 1.24 bits per heavy atom. The lowest BCUT2D eigenvalue weighted by atomic mass is 9.84. The lowest BCUT2D eigenvalue weighted by molar-refractivity contribution is 0.446. The van der Waals surface area contributed by atoms with E-state index in [9.17, 15) is 0 Å². The lowest BCUT2D eigenvalue weighted by Crippen LogP contribution is -2.04. The summed E-state index contributed by atoms with van der Waals surface area (Å²) in [6, 6.07) is 6.51. The number of thiazole rings is 1. The van der Waals surface area contributed by atoms with Crippen LogP contribution in [0.2, 0.25) is 0 Å². The quantitative estimate of drug-likeness (QED) is 0.821. The van der Waals surface area contributed by atoms with Crippen molar-refractivity contribution in [3.63, 3.8) is 0 Å². The largest absolute Gasteiger partial charge is 0.272 e. The second kappa shape index (κ2) is 4.96. The predicted molar refractivity (Wildman–Crippen MR) is 75.5 cm³/mol. The number of hydrogen-bond acceptors (Lipinski definition) is 4. The summed E-state index contributed by atoms with van der Waals surface area (Å²) < 4.78 is 2.33. The number of nitrogens with two attached hydrogens (primary N) is 1. The highest BCUT2D eigenvalue weighted by molar-refractivity contribution is 7.99. The van der Waals surface area contributed by atoms with Crippen LogP contribution in [0.5, 0.6) is 0 Å². The topological polar surface area (TPSA) is 38.9 Å². The average Bonchev–Trinajstić information content (AvgIpc) is 2.82. The van der Waals surface area contributed by atoms with E-state index in [-0.39, 0.29) is 0 Å². The van der Waals surface area contributed by atoms with Crippen molar-refractivity contribution >= 4 is 33.5 Å². The third-order valence-corrected chi connectivity index (χ3v) is 5.32. The summed E-state index contributed by atoms with van der Waals surface area (Å²) in [5, 5.41) is 5.61. The molecule has 4 heteroatoms. The molecule has 1 aliphatic rings. The summed E-state index contributed by atoms with van der Waals surface area (Å²) in [7, 11) is 0. The Kier molecular flexibility index (Phi) is 3.36. The fourth-order valence-electron chi connectivity index (χ4n) is 2.74. The molecule has 1 aliphatic carbocycles. The van der Waals surface area contributed by atoms with E-state index in [1.165, 1.54) is 54.3 Å². The summed E-state index contributed by atoms with van der Waals surface area (Å²) in [6.07, 6.45) is 6.82. The minimum atomic E-state index is 0.739. The third kappa shape index (κ3) is 2.21. The maximum Gasteiger partial charge on any atom is 0.165 e. The summed E-state index contributed by atoms with van der Waals surface area (Å²) in [5.74, 6) is 0.739. The van der Waals surface area contributed by atoms with Gasteiger partial charge in [0.25, 0.3) is 0 Å². The Bertz CT molecular complexity index is 515. The number of fused-ring (bicyclic) bond motifs is 1. The average molecular weight is 264 g/mol. The van der Waals surface area contributed by atoms with Crippen LogP contribution in [0.25, 0.3) is 10.2 Å². The monoisotopic (exact) mass is 264 g/mol. The Hall–Kier alpha value is -0.580. The van der Waals surface area contributed by atoms with Crippen LogP contribution in [0.15, 0.2) is 22.5 Å². The fraction of sp³-hybridized carbons (Fsp3) is 0.462. The Labute approximate surface area is 110 Å². The highest BCUT2D eigenvalue weighted by atomic mass is 32.2. The minimum absolute atomic E-state index is 0.739. The second-order valence-corrected chi connectivity index (χ2v) is 6.51. The van der Waals surface area contributed by atoms with Crippen LogP contribution in [-0.4, -0.2) is 4.98 Å². The van der Waals surface area contributed by atoms with E-state index in [4.69, 9.17) is 5.14 Å². The van der Waals surface area contributed by atoms with Gasteiger partial charge >= 0.3 is 0 Å². The van der Waals surface area contributed by atoms with Gasteiger partial charge in [0.2, 0.25) is 0 Å². The van der Waals surface area contributed by atoms with Gasteiger partial charge in [-0.3, -0.25) is 5.14 Å². The summed E-state index contributed by atoms with van der Waals surface area (Å²) in [6.45, 7) is 0. The van der Waals surface area contributed by atoms with Gasteiger partial charge in [0.15, 0.2) is 4.34 Å². The zero-order valence-electron chi connectivity index (χ0n) is 9.69. The van der Waals surface area contributed by atoms with Crippen LogP contribution in [0.3, 0.4) is 0 Å². The molecule has 2 N–H and O–H groups in total. The van der Waals surface area contributed by atoms with Gasteiger partial charge < -0.3 is 0 Å². The number of rotatable bonds is 2. The molecule has 0 amide bonds. The molecule has 3 rings (SSSR count). The van der Waals surface area contributed by atoms with Gasteiger partial charge in [-0.15, -0.1) is 11.3 Å². The maximum absolute atomic E-state index is 5.61. The molecule has 0 atom stereocenters. The van der Waals surface area contributed by atoms with Gasteiger partial charge in [-0.05, 0) is 42.3 Å². The number of nitrogens with zero attached hydrogens (tertiary/aromatic N) is 1. The van der Waals surface area contributed by atoms with Gasteiger partial charge in [-0.1, -0.05) is 31.4 Å². The molecule has 1 aromatic carbocycles. The van der Waals surface area contributed by atoms with Crippen molar-refractivity contribution in [2.24, 2.45) is 5.14 Å². The molecular weight excluding hydrogens is 248 g/mol. The molecule has 2 nitrogen and oxygen atoms in total. The van der Waals surface area contributed by atoms with Gasteiger partial charge in [0, 0.05) is 0 Å². The molecule has 0 aliphatic heterocycles. The van der Waals surface area contributed by atoms with E-state index in [0.717, 1.165) is 15.8 Å². The molecule has 1 fully saturated rings. The van der Waals surface area contributed by atoms with Crippen molar-refractivity contribution in [3.8, 4) is 0 Å². The standard InChI is InChI=1S/C13H16N2S2/c14-17-13-15-11-8-4-7-10(12(11)16-13)9-5-2-1-3-6-9/h4,7-9H,1-3,5-6,14H2. The molecule has 2 aromatic rings. The highest BCUT2D eigenvalue weighted by Gasteiger charge is 2.19. The molecule has 0 spiro atoms. The first-order valence-electron chi connectivity index (χ1n) is 6.14. The van der Waals surface area contributed by atoms with Crippen molar-refractivity contribution in [2.45, 2.75) is 42.4 Å². The maximum atomic E-state index is 5.61. The molecule has 0 saturated heterocycles.